The van der Waals surface area contributed by atoms with E-state index in [0.717, 1.165) is 49.2 Å². The van der Waals surface area contributed by atoms with Crippen LogP contribution in [0.2, 0.25) is 0 Å². The average Bonchev–Trinajstić information content (AvgIpc) is 3.47. The first-order valence-electron chi connectivity index (χ1n) is 11.1. The number of fused-ring (bicyclic) bond motifs is 1. The van der Waals surface area contributed by atoms with Crippen LogP contribution in [0.3, 0.4) is 0 Å². The molecule has 2 aliphatic rings. The quantitative estimate of drug-likeness (QED) is 0.519. The predicted molar refractivity (Wildman–Crippen MR) is 128 cm³/mol. The molecule has 2 amide bonds. The Morgan fingerprint density at radius 1 is 1.03 bits per heavy atom. The molecule has 33 heavy (non-hydrogen) atoms. The highest BCUT2D eigenvalue weighted by Crippen LogP contribution is 2.37. The second kappa shape index (κ2) is 8.96. The molecule has 170 valence electrons. The number of hydrogen-bond donors (Lipinski definition) is 0. The van der Waals surface area contributed by atoms with Gasteiger partial charge in [-0.2, -0.15) is 0 Å². The summed E-state index contributed by atoms with van der Waals surface area (Å²) in [5.41, 5.74) is 3.01. The zero-order valence-corrected chi connectivity index (χ0v) is 19.5. The molecule has 0 aliphatic carbocycles. The van der Waals surface area contributed by atoms with Gasteiger partial charge in [-0.3, -0.25) is 19.4 Å². The maximum atomic E-state index is 13.4. The minimum absolute atomic E-state index is 0.232. The summed E-state index contributed by atoms with van der Waals surface area (Å²) in [5.74, 6) is 0.429. The van der Waals surface area contributed by atoms with Crippen molar-refractivity contribution >= 4 is 28.8 Å². The molecule has 0 unspecified atom stereocenters. The van der Waals surface area contributed by atoms with Gasteiger partial charge in [0.05, 0.1) is 30.0 Å². The molecular formula is C25H26N4O3S. The zero-order valence-electron chi connectivity index (χ0n) is 18.7. The Morgan fingerprint density at radius 3 is 2.55 bits per heavy atom. The third kappa shape index (κ3) is 3.89. The van der Waals surface area contributed by atoms with Crippen LogP contribution in [0.15, 0.2) is 54.0 Å². The van der Waals surface area contributed by atoms with Crippen molar-refractivity contribution in [3.63, 3.8) is 0 Å². The number of benzene rings is 2. The minimum Gasteiger partial charge on any atom is -0.496 e. The second-order valence-corrected chi connectivity index (χ2v) is 9.23. The van der Waals surface area contributed by atoms with Crippen LogP contribution in [0.1, 0.15) is 44.3 Å². The summed E-state index contributed by atoms with van der Waals surface area (Å²) < 4.78 is 5.49. The SMILES string of the molecule is COc1ccccc1CN1CCN(c2cccc3c2C(=O)N([C@@H](C)c2nccs2)C3=O)CC1. The van der Waals surface area contributed by atoms with Gasteiger partial charge in [-0.25, -0.2) is 4.98 Å². The van der Waals surface area contributed by atoms with Gasteiger partial charge in [0.15, 0.2) is 0 Å². The van der Waals surface area contributed by atoms with Crippen molar-refractivity contribution in [2.75, 3.05) is 38.2 Å². The van der Waals surface area contributed by atoms with Crippen molar-refractivity contribution in [2.24, 2.45) is 0 Å². The van der Waals surface area contributed by atoms with Crippen LogP contribution in [-0.2, 0) is 6.54 Å². The van der Waals surface area contributed by atoms with Gasteiger partial charge in [0.1, 0.15) is 10.8 Å². The molecule has 5 rings (SSSR count). The number of piperazine rings is 1. The van der Waals surface area contributed by atoms with Crippen molar-refractivity contribution < 1.29 is 14.3 Å². The fourth-order valence-electron chi connectivity index (χ4n) is 4.67. The third-order valence-electron chi connectivity index (χ3n) is 6.42. The first-order valence-corrected chi connectivity index (χ1v) is 12.0. The number of methoxy groups -OCH3 is 1. The molecule has 2 aliphatic heterocycles. The molecule has 0 bridgehead atoms. The molecular weight excluding hydrogens is 436 g/mol. The van der Waals surface area contributed by atoms with Crippen LogP contribution in [0.25, 0.3) is 0 Å². The predicted octanol–water partition coefficient (Wildman–Crippen LogP) is 3.83. The van der Waals surface area contributed by atoms with Gasteiger partial charge in [0, 0.05) is 49.9 Å². The van der Waals surface area contributed by atoms with Crippen LogP contribution >= 0.6 is 11.3 Å². The zero-order chi connectivity index (χ0) is 22.9. The molecule has 8 heteroatoms. The monoisotopic (exact) mass is 462 g/mol. The number of carbonyl (C=O) groups is 2. The fraction of sp³-hybridized carbons (Fsp3) is 0.320. The summed E-state index contributed by atoms with van der Waals surface area (Å²) in [7, 11) is 1.70. The Hall–Kier alpha value is -3.23. The van der Waals surface area contributed by atoms with Crippen molar-refractivity contribution in [3.05, 3.63) is 75.7 Å². The fourth-order valence-corrected chi connectivity index (χ4v) is 5.36. The van der Waals surface area contributed by atoms with E-state index in [1.807, 2.05) is 42.6 Å². The Morgan fingerprint density at radius 2 is 1.82 bits per heavy atom. The summed E-state index contributed by atoms with van der Waals surface area (Å²) in [6.45, 7) is 5.98. The molecule has 1 atom stereocenters. The molecule has 1 fully saturated rings. The van der Waals surface area contributed by atoms with Gasteiger partial charge in [-0.1, -0.05) is 24.3 Å². The highest BCUT2D eigenvalue weighted by atomic mass is 32.1. The maximum Gasteiger partial charge on any atom is 0.264 e. The van der Waals surface area contributed by atoms with E-state index in [4.69, 9.17) is 4.74 Å². The molecule has 3 heterocycles. The summed E-state index contributed by atoms with van der Waals surface area (Å²) in [5, 5.41) is 2.62. The first-order chi connectivity index (χ1) is 16.1. The molecule has 0 spiro atoms. The van der Waals surface area contributed by atoms with Crippen molar-refractivity contribution in [1.82, 2.24) is 14.8 Å². The van der Waals surface area contributed by atoms with Gasteiger partial charge >= 0.3 is 0 Å². The van der Waals surface area contributed by atoms with E-state index in [-0.39, 0.29) is 17.9 Å². The molecule has 0 N–H and O–H groups in total. The number of hydrogen-bond acceptors (Lipinski definition) is 7. The molecule has 1 aromatic heterocycles. The number of ether oxygens (including phenoxy) is 1. The van der Waals surface area contributed by atoms with E-state index in [0.29, 0.717) is 11.1 Å². The van der Waals surface area contributed by atoms with E-state index in [2.05, 4.69) is 20.9 Å². The highest BCUT2D eigenvalue weighted by Gasteiger charge is 2.42. The summed E-state index contributed by atoms with van der Waals surface area (Å²) in [6.07, 6.45) is 1.70. The van der Waals surface area contributed by atoms with Crippen LogP contribution in [0, 0.1) is 0 Å². The van der Waals surface area contributed by atoms with E-state index < -0.39 is 0 Å². The van der Waals surface area contributed by atoms with Gasteiger partial charge in [-0.05, 0) is 25.1 Å². The number of para-hydroxylation sites is 1. The third-order valence-corrected chi connectivity index (χ3v) is 7.37. The lowest BCUT2D eigenvalue weighted by Crippen LogP contribution is -2.46. The van der Waals surface area contributed by atoms with Crippen LogP contribution in [0.4, 0.5) is 5.69 Å². The van der Waals surface area contributed by atoms with Crippen LogP contribution in [-0.4, -0.2) is 59.9 Å². The average molecular weight is 463 g/mol. The largest absolute Gasteiger partial charge is 0.496 e. The van der Waals surface area contributed by atoms with E-state index in [1.54, 1.807) is 19.4 Å². The molecule has 1 saturated heterocycles. The smallest absolute Gasteiger partial charge is 0.264 e. The van der Waals surface area contributed by atoms with E-state index in [9.17, 15) is 9.59 Å². The summed E-state index contributed by atoms with van der Waals surface area (Å²) in [6, 6.07) is 13.3. The van der Waals surface area contributed by atoms with Crippen LogP contribution < -0.4 is 9.64 Å². The number of carbonyl (C=O) groups excluding carboxylic acids is 2. The minimum atomic E-state index is -0.386. The van der Waals surface area contributed by atoms with E-state index in [1.165, 1.54) is 21.8 Å². The number of imide groups is 1. The molecule has 3 aromatic rings. The van der Waals surface area contributed by atoms with Gasteiger partial charge in [-0.15, -0.1) is 11.3 Å². The Balaban J connectivity index is 1.33. The topological polar surface area (TPSA) is 66.0 Å². The van der Waals surface area contributed by atoms with Crippen LogP contribution in [0.5, 0.6) is 5.75 Å². The van der Waals surface area contributed by atoms with Gasteiger partial charge in [0.25, 0.3) is 11.8 Å². The number of rotatable bonds is 6. The standard InChI is InChI=1S/C25H26N4O3S/c1-17(23-26-10-15-33-23)29-24(30)19-7-5-8-20(22(19)25(29)31)28-13-11-27(12-14-28)16-18-6-3-4-9-21(18)32-2/h3-10,15,17H,11-14,16H2,1-2H3/t17-/m0/s1. The summed E-state index contributed by atoms with van der Waals surface area (Å²) in [4.78, 5) is 36.8. The highest BCUT2D eigenvalue weighted by molar-refractivity contribution is 7.09. The van der Waals surface area contributed by atoms with Crippen molar-refractivity contribution in [2.45, 2.75) is 19.5 Å². The summed E-state index contributed by atoms with van der Waals surface area (Å²) >= 11 is 1.45. The lowest BCUT2D eigenvalue weighted by atomic mass is 10.1. The number of nitrogens with zero attached hydrogens (tertiary/aromatic N) is 4. The Kier molecular flexibility index (Phi) is 5.86. The molecule has 2 aromatic carbocycles. The van der Waals surface area contributed by atoms with Gasteiger partial charge in [0.2, 0.25) is 0 Å². The number of aromatic nitrogens is 1. The number of thiazole rings is 1. The van der Waals surface area contributed by atoms with Crippen molar-refractivity contribution in [3.8, 4) is 5.75 Å². The number of anilines is 1. The Labute approximate surface area is 197 Å². The second-order valence-electron chi connectivity index (χ2n) is 8.30. The Bertz CT molecular complexity index is 1170. The first kappa shape index (κ1) is 21.6. The molecule has 0 radical (unpaired) electrons. The molecule has 0 saturated carbocycles. The lowest BCUT2D eigenvalue weighted by Gasteiger charge is -2.37. The number of amides is 2. The lowest BCUT2D eigenvalue weighted by molar-refractivity contribution is 0.0595. The normalized spacial score (nSPS) is 17.4. The molecule has 7 nitrogen and oxygen atoms in total. The van der Waals surface area contributed by atoms with Crippen molar-refractivity contribution in [1.29, 1.82) is 0 Å². The van der Waals surface area contributed by atoms with E-state index >= 15 is 0 Å². The maximum absolute atomic E-state index is 13.4. The van der Waals surface area contributed by atoms with Gasteiger partial charge < -0.3 is 9.64 Å².